The quantitative estimate of drug-likeness (QED) is 0.595. The van der Waals surface area contributed by atoms with Gasteiger partial charge in [-0.1, -0.05) is 31.0 Å². The fraction of sp³-hybridized carbons (Fsp3) is 0.583. The van der Waals surface area contributed by atoms with Crippen LogP contribution in [0.3, 0.4) is 0 Å². The Balaban J connectivity index is 1.75. The standard InChI is InChI=1S/C24H35N3O2S/c1-18(2)27(19(3)4)23(28)16-26-15-22(20-11-7-8-12-21(20)26)30-17-24(29)25-13-9-5-6-10-14-25/h7-8,11-12,15,18-19H,5-6,9-10,13-14,16-17H2,1-4H3. The SMILES string of the molecule is CC(C)N(C(=O)Cn1cc(SCC(=O)N2CCCCCC2)c2ccccc21)C(C)C. The zero-order chi connectivity index (χ0) is 21.7. The van der Waals surface area contributed by atoms with Crippen molar-refractivity contribution in [1.82, 2.24) is 14.4 Å². The molecule has 0 aliphatic carbocycles. The van der Waals surface area contributed by atoms with E-state index in [2.05, 4.69) is 39.8 Å². The molecule has 1 aromatic carbocycles. The van der Waals surface area contributed by atoms with E-state index in [1.54, 1.807) is 11.8 Å². The van der Waals surface area contributed by atoms with Crippen molar-refractivity contribution in [1.29, 1.82) is 0 Å². The van der Waals surface area contributed by atoms with Crippen LogP contribution in [0.4, 0.5) is 0 Å². The molecule has 0 spiro atoms. The number of thioether (sulfide) groups is 1. The van der Waals surface area contributed by atoms with Crippen molar-refractivity contribution in [2.24, 2.45) is 0 Å². The van der Waals surface area contributed by atoms with E-state index in [9.17, 15) is 9.59 Å². The van der Waals surface area contributed by atoms with E-state index >= 15 is 0 Å². The van der Waals surface area contributed by atoms with Gasteiger partial charge in [0.1, 0.15) is 6.54 Å². The number of nitrogens with zero attached hydrogens (tertiary/aromatic N) is 3. The van der Waals surface area contributed by atoms with Crippen LogP contribution < -0.4 is 0 Å². The number of aromatic nitrogens is 1. The van der Waals surface area contributed by atoms with Gasteiger partial charge in [0.05, 0.1) is 5.75 Å². The van der Waals surface area contributed by atoms with Gasteiger partial charge >= 0.3 is 0 Å². The van der Waals surface area contributed by atoms with Crippen LogP contribution in [0.5, 0.6) is 0 Å². The lowest BCUT2D eigenvalue weighted by Gasteiger charge is -2.31. The Bertz CT molecular complexity index is 858. The Morgan fingerprint density at radius 1 is 1.00 bits per heavy atom. The van der Waals surface area contributed by atoms with E-state index in [1.807, 2.05) is 32.7 Å². The van der Waals surface area contributed by atoms with Crippen LogP contribution in [0, 0.1) is 0 Å². The summed E-state index contributed by atoms with van der Waals surface area (Å²) >= 11 is 1.59. The van der Waals surface area contributed by atoms with Crippen molar-refractivity contribution in [3.63, 3.8) is 0 Å². The van der Waals surface area contributed by atoms with Crippen molar-refractivity contribution < 1.29 is 9.59 Å². The zero-order valence-electron chi connectivity index (χ0n) is 18.8. The molecule has 2 aromatic rings. The average molecular weight is 430 g/mol. The molecule has 2 heterocycles. The lowest BCUT2D eigenvalue weighted by atomic mass is 10.2. The molecule has 30 heavy (non-hydrogen) atoms. The number of likely N-dealkylation sites (tertiary alicyclic amines) is 1. The molecule has 0 radical (unpaired) electrons. The first kappa shape index (κ1) is 22.7. The van der Waals surface area contributed by atoms with Gasteiger partial charge in [0.25, 0.3) is 0 Å². The van der Waals surface area contributed by atoms with Crippen LogP contribution in [0.25, 0.3) is 10.9 Å². The lowest BCUT2D eigenvalue weighted by Crippen LogP contribution is -2.43. The Morgan fingerprint density at radius 3 is 2.27 bits per heavy atom. The highest BCUT2D eigenvalue weighted by Crippen LogP contribution is 2.30. The van der Waals surface area contributed by atoms with Crippen LogP contribution in [0.2, 0.25) is 0 Å². The second kappa shape index (κ2) is 10.4. The van der Waals surface area contributed by atoms with Crippen LogP contribution in [-0.2, 0) is 16.1 Å². The molecule has 1 saturated heterocycles. The molecule has 0 unspecified atom stereocenters. The minimum atomic E-state index is 0.123. The summed E-state index contributed by atoms with van der Waals surface area (Å²) < 4.78 is 2.04. The van der Waals surface area contributed by atoms with E-state index < -0.39 is 0 Å². The predicted octanol–water partition coefficient (Wildman–Crippen LogP) is 4.78. The molecule has 0 bridgehead atoms. The fourth-order valence-corrected chi connectivity index (χ4v) is 5.40. The van der Waals surface area contributed by atoms with Crippen molar-refractivity contribution in [3.8, 4) is 0 Å². The van der Waals surface area contributed by atoms with Gasteiger partial charge in [-0.2, -0.15) is 0 Å². The number of carbonyl (C=O) groups excluding carboxylic acids is 2. The van der Waals surface area contributed by atoms with Crippen molar-refractivity contribution in [2.75, 3.05) is 18.8 Å². The van der Waals surface area contributed by atoms with Gasteiger partial charge in [0, 0.05) is 47.2 Å². The smallest absolute Gasteiger partial charge is 0.242 e. The summed E-state index contributed by atoms with van der Waals surface area (Å²) in [4.78, 5) is 30.7. The second-order valence-electron chi connectivity index (χ2n) is 8.71. The topological polar surface area (TPSA) is 45.6 Å². The monoisotopic (exact) mass is 429 g/mol. The predicted molar refractivity (Wildman–Crippen MR) is 125 cm³/mol. The highest BCUT2D eigenvalue weighted by atomic mass is 32.2. The molecule has 1 aromatic heterocycles. The molecular weight excluding hydrogens is 394 g/mol. The number of benzene rings is 1. The third-order valence-corrected chi connectivity index (χ3v) is 6.80. The fourth-order valence-electron chi connectivity index (χ4n) is 4.41. The molecule has 164 valence electrons. The van der Waals surface area contributed by atoms with Gasteiger partial charge in [-0.3, -0.25) is 9.59 Å². The minimum absolute atomic E-state index is 0.123. The van der Waals surface area contributed by atoms with E-state index in [4.69, 9.17) is 0 Å². The minimum Gasteiger partial charge on any atom is -0.342 e. The lowest BCUT2D eigenvalue weighted by molar-refractivity contribution is -0.135. The summed E-state index contributed by atoms with van der Waals surface area (Å²) in [7, 11) is 0. The molecule has 0 N–H and O–H groups in total. The van der Waals surface area contributed by atoms with Gasteiger partial charge in [-0.15, -0.1) is 11.8 Å². The van der Waals surface area contributed by atoms with Crippen LogP contribution >= 0.6 is 11.8 Å². The average Bonchev–Trinajstić information content (AvgIpc) is 2.86. The largest absolute Gasteiger partial charge is 0.342 e. The maximum absolute atomic E-state index is 13.0. The Kier molecular flexibility index (Phi) is 7.87. The highest BCUT2D eigenvalue weighted by Gasteiger charge is 2.22. The maximum Gasteiger partial charge on any atom is 0.242 e. The number of carbonyl (C=O) groups is 2. The van der Waals surface area contributed by atoms with Gasteiger partial charge < -0.3 is 14.4 Å². The van der Waals surface area contributed by atoms with Crippen LogP contribution in [0.15, 0.2) is 35.4 Å². The number of rotatable bonds is 7. The van der Waals surface area contributed by atoms with E-state index in [-0.39, 0.29) is 23.9 Å². The summed E-state index contributed by atoms with van der Waals surface area (Å²) in [6, 6.07) is 8.49. The molecule has 5 nitrogen and oxygen atoms in total. The number of hydrogen-bond donors (Lipinski definition) is 0. The zero-order valence-corrected chi connectivity index (χ0v) is 19.6. The molecule has 3 rings (SSSR count). The molecule has 1 aliphatic rings. The molecule has 0 saturated carbocycles. The van der Waals surface area contributed by atoms with Gasteiger partial charge in [-0.05, 0) is 46.6 Å². The third-order valence-electron chi connectivity index (χ3n) is 5.77. The molecule has 0 atom stereocenters. The van der Waals surface area contributed by atoms with Crippen LogP contribution in [0.1, 0.15) is 53.4 Å². The first-order valence-electron chi connectivity index (χ1n) is 11.2. The Labute approximate surface area is 184 Å². The van der Waals surface area contributed by atoms with Crippen molar-refractivity contribution in [3.05, 3.63) is 30.5 Å². The number of amides is 2. The van der Waals surface area contributed by atoms with Crippen molar-refractivity contribution in [2.45, 2.75) is 76.9 Å². The summed E-state index contributed by atoms with van der Waals surface area (Å²) in [5.74, 6) is 0.796. The van der Waals surface area contributed by atoms with E-state index in [0.29, 0.717) is 12.3 Å². The maximum atomic E-state index is 13.0. The molecule has 1 aliphatic heterocycles. The first-order chi connectivity index (χ1) is 14.4. The van der Waals surface area contributed by atoms with Gasteiger partial charge in [0.2, 0.25) is 11.8 Å². The Morgan fingerprint density at radius 2 is 1.63 bits per heavy atom. The molecule has 6 heteroatoms. The number of fused-ring (bicyclic) bond motifs is 1. The summed E-state index contributed by atoms with van der Waals surface area (Å²) in [6.07, 6.45) is 6.71. The summed E-state index contributed by atoms with van der Waals surface area (Å²) in [5.41, 5.74) is 1.04. The van der Waals surface area contributed by atoms with E-state index in [1.165, 1.54) is 12.8 Å². The third kappa shape index (κ3) is 5.39. The molecule has 1 fully saturated rings. The number of hydrogen-bond acceptors (Lipinski definition) is 3. The Hall–Kier alpha value is -1.95. The summed E-state index contributed by atoms with van der Waals surface area (Å²) in [6.45, 7) is 10.3. The second-order valence-corrected chi connectivity index (χ2v) is 9.73. The van der Waals surface area contributed by atoms with Gasteiger partial charge in [-0.25, -0.2) is 0 Å². The summed E-state index contributed by atoms with van der Waals surface area (Å²) in [5, 5.41) is 1.11. The van der Waals surface area contributed by atoms with Gasteiger partial charge in [0.15, 0.2) is 0 Å². The first-order valence-corrected chi connectivity index (χ1v) is 12.2. The van der Waals surface area contributed by atoms with Crippen LogP contribution in [-0.4, -0.2) is 57.1 Å². The van der Waals surface area contributed by atoms with Crippen molar-refractivity contribution >= 4 is 34.5 Å². The highest BCUT2D eigenvalue weighted by molar-refractivity contribution is 8.00. The van der Waals surface area contributed by atoms with E-state index in [0.717, 1.165) is 41.7 Å². The molecular formula is C24H35N3O2S. The normalized spacial score (nSPS) is 15.1. The number of para-hydroxylation sites is 1. The molecule has 2 amide bonds.